The Labute approximate surface area is 168 Å². The lowest BCUT2D eigenvalue weighted by molar-refractivity contribution is -0.950. The Morgan fingerprint density at radius 2 is 2.04 bits per heavy atom. The van der Waals surface area contributed by atoms with Gasteiger partial charge >= 0.3 is 0 Å². The van der Waals surface area contributed by atoms with Crippen LogP contribution in [0.1, 0.15) is 40.7 Å². The minimum Gasteiger partial charge on any atom is -0.368 e. The zero-order valence-corrected chi connectivity index (χ0v) is 16.8. The quantitative estimate of drug-likeness (QED) is 0.621. The molecular formula is C21H25N6S+. The van der Waals surface area contributed by atoms with Gasteiger partial charge in [-0.15, -0.1) is 11.3 Å². The zero-order valence-electron chi connectivity index (χ0n) is 16.0. The summed E-state index contributed by atoms with van der Waals surface area (Å²) in [5.74, 6) is 2.36. The second-order valence-electron chi connectivity index (χ2n) is 7.82. The molecule has 7 heteroatoms. The number of quaternary nitrogens is 1. The van der Waals surface area contributed by atoms with Crippen molar-refractivity contribution in [3.05, 3.63) is 57.5 Å². The third-order valence-electron chi connectivity index (χ3n) is 5.80. The summed E-state index contributed by atoms with van der Waals surface area (Å²) >= 11 is 1.91. The van der Waals surface area contributed by atoms with Gasteiger partial charge in [-0.2, -0.15) is 15.0 Å². The van der Waals surface area contributed by atoms with Gasteiger partial charge in [-0.1, -0.05) is 18.2 Å². The first-order chi connectivity index (χ1) is 13.7. The molecule has 0 radical (unpaired) electrons. The molecule has 0 saturated heterocycles. The van der Waals surface area contributed by atoms with Crippen LogP contribution in [-0.2, 0) is 13.0 Å². The van der Waals surface area contributed by atoms with E-state index in [1.807, 2.05) is 29.5 Å². The van der Waals surface area contributed by atoms with E-state index in [1.165, 1.54) is 12.8 Å². The molecule has 2 atom stereocenters. The summed E-state index contributed by atoms with van der Waals surface area (Å²) in [6, 6.07) is 11.0. The second kappa shape index (κ2) is 7.14. The van der Waals surface area contributed by atoms with Crippen LogP contribution in [0.15, 0.2) is 35.7 Å². The van der Waals surface area contributed by atoms with Gasteiger partial charge in [-0.3, -0.25) is 0 Å². The number of nitrogens with one attached hydrogen (secondary N) is 2. The van der Waals surface area contributed by atoms with Crippen LogP contribution >= 0.6 is 11.3 Å². The maximum atomic E-state index is 6.01. The molecule has 2 aliphatic rings. The van der Waals surface area contributed by atoms with E-state index in [4.69, 9.17) is 10.7 Å². The van der Waals surface area contributed by atoms with E-state index in [-0.39, 0.29) is 5.95 Å². The Hall–Kier alpha value is -2.51. The molecule has 3 heterocycles. The fraction of sp³-hybridized carbons (Fsp3) is 0.381. The van der Waals surface area contributed by atoms with Crippen LogP contribution in [-0.4, -0.2) is 21.5 Å². The van der Waals surface area contributed by atoms with Crippen LogP contribution in [0.5, 0.6) is 0 Å². The Kier molecular flexibility index (Phi) is 4.49. The second-order valence-corrected chi connectivity index (χ2v) is 8.82. The van der Waals surface area contributed by atoms with Crippen LogP contribution in [0.4, 0.5) is 17.6 Å². The molecule has 6 nitrogen and oxygen atoms in total. The lowest BCUT2D eigenvalue weighted by Crippen LogP contribution is -3.12. The Morgan fingerprint density at radius 3 is 2.86 bits per heavy atom. The summed E-state index contributed by atoms with van der Waals surface area (Å²) in [5.41, 5.74) is 9.69. The number of nitrogen functional groups attached to an aromatic ring is 1. The molecular weight excluding hydrogens is 368 g/mol. The number of benzene rings is 1. The fourth-order valence-corrected chi connectivity index (χ4v) is 5.24. The van der Waals surface area contributed by atoms with E-state index in [1.54, 1.807) is 15.3 Å². The van der Waals surface area contributed by atoms with E-state index >= 15 is 0 Å². The van der Waals surface area contributed by atoms with Crippen molar-refractivity contribution in [1.29, 1.82) is 0 Å². The number of aryl methyl sites for hydroxylation is 1. The van der Waals surface area contributed by atoms with Crippen LogP contribution in [0.25, 0.3) is 0 Å². The maximum absolute atomic E-state index is 6.01. The highest BCUT2D eigenvalue weighted by Crippen LogP contribution is 2.42. The number of rotatable bonds is 5. The molecule has 28 heavy (non-hydrogen) atoms. The molecule has 0 bridgehead atoms. The molecule has 4 N–H and O–H groups in total. The summed E-state index contributed by atoms with van der Waals surface area (Å²) in [7, 11) is 0. The van der Waals surface area contributed by atoms with E-state index < -0.39 is 0 Å². The molecule has 1 saturated carbocycles. The number of hydrogen-bond acceptors (Lipinski definition) is 6. The van der Waals surface area contributed by atoms with Crippen molar-refractivity contribution >= 4 is 28.9 Å². The molecule has 2 aromatic heterocycles. The van der Waals surface area contributed by atoms with Crippen molar-refractivity contribution in [2.45, 2.75) is 38.8 Å². The van der Waals surface area contributed by atoms with Crippen molar-refractivity contribution in [3.63, 3.8) is 0 Å². The predicted octanol–water partition coefficient (Wildman–Crippen LogP) is 2.66. The summed E-state index contributed by atoms with van der Waals surface area (Å²) in [6.07, 6.45) is 3.81. The number of anilines is 3. The van der Waals surface area contributed by atoms with Gasteiger partial charge in [0.2, 0.25) is 11.9 Å². The van der Waals surface area contributed by atoms with Crippen molar-refractivity contribution in [3.8, 4) is 0 Å². The van der Waals surface area contributed by atoms with Gasteiger partial charge in [0.1, 0.15) is 12.6 Å². The standard InChI is InChI=1S/C21H24N6S/c1-13-4-2-3-5-16(13)23-21-25-18(24-20(22)26-21)12-27-10-8-17-15(9-11-28-17)19(27)14-6-7-14/h2-5,9,11,14,19H,6-8,10,12H2,1H3,(H3,22,23,24,25,26)/p+1/t19-/m0/s1. The third kappa shape index (κ3) is 3.47. The lowest BCUT2D eigenvalue weighted by atomic mass is 9.96. The topological polar surface area (TPSA) is 81.2 Å². The fourth-order valence-electron chi connectivity index (χ4n) is 4.31. The minimum atomic E-state index is 0.275. The van der Waals surface area contributed by atoms with Crippen molar-refractivity contribution in [2.24, 2.45) is 5.92 Å². The molecule has 1 fully saturated rings. The van der Waals surface area contributed by atoms with Crippen molar-refractivity contribution < 1.29 is 4.90 Å². The number of nitrogens with two attached hydrogens (primary N) is 1. The van der Waals surface area contributed by atoms with Gasteiger partial charge in [0.15, 0.2) is 5.82 Å². The highest BCUT2D eigenvalue weighted by Gasteiger charge is 2.43. The molecule has 1 unspecified atom stereocenters. The molecule has 1 aliphatic carbocycles. The average molecular weight is 394 g/mol. The van der Waals surface area contributed by atoms with Crippen LogP contribution in [0.3, 0.4) is 0 Å². The molecule has 5 rings (SSSR count). The molecule has 144 valence electrons. The van der Waals surface area contributed by atoms with Gasteiger partial charge in [-0.05, 0) is 42.8 Å². The number of aromatic nitrogens is 3. The summed E-state index contributed by atoms with van der Waals surface area (Å²) in [5, 5.41) is 5.54. The smallest absolute Gasteiger partial charge is 0.232 e. The van der Waals surface area contributed by atoms with Gasteiger partial charge in [0, 0.05) is 28.5 Å². The monoisotopic (exact) mass is 393 g/mol. The molecule has 0 amide bonds. The Morgan fingerprint density at radius 1 is 1.18 bits per heavy atom. The van der Waals surface area contributed by atoms with Gasteiger partial charge in [-0.25, -0.2) is 0 Å². The molecule has 1 aromatic carbocycles. The van der Waals surface area contributed by atoms with Gasteiger partial charge < -0.3 is 16.0 Å². The molecule has 1 aliphatic heterocycles. The highest BCUT2D eigenvalue weighted by atomic mass is 32.1. The normalized spacial score (nSPS) is 21.3. The summed E-state index contributed by atoms with van der Waals surface area (Å²) in [6.45, 7) is 3.97. The van der Waals surface area contributed by atoms with E-state index in [0.717, 1.165) is 42.5 Å². The summed E-state index contributed by atoms with van der Waals surface area (Å²) in [4.78, 5) is 16.6. The van der Waals surface area contributed by atoms with Crippen LogP contribution in [0.2, 0.25) is 0 Å². The number of hydrogen-bond donors (Lipinski definition) is 3. The first-order valence-electron chi connectivity index (χ1n) is 9.91. The first-order valence-corrected chi connectivity index (χ1v) is 10.8. The van der Waals surface area contributed by atoms with Crippen LogP contribution in [0, 0.1) is 12.8 Å². The van der Waals surface area contributed by atoms with E-state index in [9.17, 15) is 0 Å². The first kappa shape index (κ1) is 17.6. The van der Waals surface area contributed by atoms with Crippen LogP contribution < -0.4 is 16.0 Å². The minimum absolute atomic E-state index is 0.275. The summed E-state index contributed by atoms with van der Waals surface area (Å²) < 4.78 is 0. The number of thiophene rings is 1. The third-order valence-corrected chi connectivity index (χ3v) is 6.79. The average Bonchev–Trinajstić information content (AvgIpc) is 3.39. The maximum Gasteiger partial charge on any atom is 0.232 e. The Bertz CT molecular complexity index is 996. The van der Waals surface area contributed by atoms with Crippen molar-refractivity contribution in [1.82, 2.24) is 15.0 Å². The largest absolute Gasteiger partial charge is 0.368 e. The highest BCUT2D eigenvalue weighted by molar-refractivity contribution is 7.10. The van der Waals surface area contributed by atoms with Gasteiger partial charge in [0.05, 0.1) is 6.54 Å². The predicted molar refractivity (Wildman–Crippen MR) is 112 cm³/mol. The molecule has 3 aromatic rings. The number of nitrogens with zero attached hydrogens (tertiary/aromatic N) is 3. The van der Waals surface area contributed by atoms with E-state index in [0.29, 0.717) is 12.0 Å². The number of para-hydroxylation sites is 1. The lowest BCUT2D eigenvalue weighted by Gasteiger charge is -2.32. The molecule has 0 spiro atoms. The Balaban J connectivity index is 1.39. The van der Waals surface area contributed by atoms with Gasteiger partial charge in [0.25, 0.3) is 0 Å². The van der Waals surface area contributed by atoms with Crippen molar-refractivity contribution in [2.75, 3.05) is 17.6 Å². The SMILES string of the molecule is Cc1ccccc1Nc1nc(N)nc(C[NH+]2CCc3sccc3[C@@H]2C2CC2)n1. The zero-order chi connectivity index (χ0) is 19.1. The van der Waals surface area contributed by atoms with E-state index in [2.05, 4.69) is 39.7 Å². The number of fused-ring (bicyclic) bond motifs is 1.